The highest BCUT2D eigenvalue weighted by Crippen LogP contribution is 2.24. The van der Waals surface area contributed by atoms with E-state index in [0.29, 0.717) is 33.9 Å². The van der Waals surface area contributed by atoms with Gasteiger partial charge in [-0.05, 0) is 30.4 Å². The maximum Gasteiger partial charge on any atom is 0.272 e. The summed E-state index contributed by atoms with van der Waals surface area (Å²) in [6.07, 6.45) is 0.995. The summed E-state index contributed by atoms with van der Waals surface area (Å²) in [4.78, 5) is 21.6. The van der Waals surface area contributed by atoms with E-state index in [-0.39, 0.29) is 5.56 Å². The topological polar surface area (TPSA) is 73.8 Å². The van der Waals surface area contributed by atoms with Crippen molar-refractivity contribution < 1.29 is 4.52 Å². The lowest BCUT2D eigenvalue weighted by molar-refractivity contribution is 0.391. The van der Waals surface area contributed by atoms with E-state index in [0.717, 1.165) is 17.5 Å². The third kappa shape index (κ3) is 3.54. The SMILES string of the molecule is CCc1ccc(-c2noc(CSc3nc4ccsc4c(=O)n3CC)n2)cc1. The van der Waals surface area contributed by atoms with Gasteiger partial charge in [0.25, 0.3) is 5.56 Å². The molecule has 0 amide bonds. The van der Waals surface area contributed by atoms with Crippen molar-refractivity contribution in [2.24, 2.45) is 0 Å². The van der Waals surface area contributed by atoms with Crippen molar-refractivity contribution in [1.82, 2.24) is 19.7 Å². The molecule has 0 spiro atoms. The van der Waals surface area contributed by atoms with Gasteiger partial charge < -0.3 is 4.52 Å². The van der Waals surface area contributed by atoms with Gasteiger partial charge in [0.05, 0.1) is 11.3 Å². The monoisotopic (exact) mass is 398 g/mol. The Morgan fingerprint density at radius 2 is 1.96 bits per heavy atom. The Bertz CT molecular complexity index is 1130. The van der Waals surface area contributed by atoms with Crippen LogP contribution in [0.1, 0.15) is 25.3 Å². The zero-order valence-corrected chi connectivity index (χ0v) is 16.6. The van der Waals surface area contributed by atoms with Gasteiger partial charge >= 0.3 is 0 Å². The Balaban J connectivity index is 1.55. The number of benzene rings is 1. The van der Waals surface area contributed by atoms with Crippen LogP contribution in [-0.2, 0) is 18.7 Å². The molecule has 0 aliphatic carbocycles. The minimum Gasteiger partial charge on any atom is -0.338 e. The molecule has 0 N–H and O–H groups in total. The summed E-state index contributed by atoms with van der Waals surface area (Å²) in [6.45, 7) is 4.63. The molecule has 0 bridgehead atoms. The van der Waals surface area contributed by atoms with Gasteiger partial charge in [-0.15, -0.1) is 11.3 Å². The summed E-state index contributed by atoms with van der Waals surface area (Å²) in [7, 11) is 0. The molecule has 0 radical (unpaired) electrons. The number of thiophene rings is 1. The summed E-state index contributed by atoms with van der Waals surface area (Å²) in [5.41, 5.74) is 2.93. The van der Waals surface area contributed by atoms with Gasteiger partial charge in [-0.2, -0.15) is 4.98 Å². The van der Waals surface area contributed by atoms with E-state index in [1.807, 2.05) is 30.5 Å². The normalized spacial score (nSPS) is 11.3. The van der Waals surface area contributed by atoms with Gasteiger partial charge in [-0.25, -0.2) is 4.98 Å². The molecule has 0 fully saturated rings. The average molecular weight is 399 g/mol. The van der Waals surface area contributed by atoms with Crippen molar-refractivity contribution in [3.05, 3.63) is 57.5 Å². The van der Waals surface area contributed by atoms with E-state index in [2.05, 4.69) is 34.2 Å². The third-order valence-electron chi connectivity index (χ3n) is 4.26. The number of aromatic nitrogens is 4. The fraction of sp³-hybridized carbons (Fsp3) is 0.263. The minimum absolute atomic E-state index is 0.00207. The molecule has 138 valence electrons. The van der Waals surface area contributed by atoms with Crippen LogP contribution < -0.4 is 5.56 Å². The lowest BCUT2D eigenvalue weighted by atomic mass is 10.1. The molecule has 6 nitrogen and oxygen atoms in total. The fourth-order valence-corrected chi connectivity index (χ4v) is 4.44. The lowest BCUT2D eigenvalue weighted by Crippen LogP contribution is -2.21. The van der Waals surface area contributed by atoms with Crippen LogP contribution in [0.15, 0.2) is 50.2 Å². The first-order chi connectivity index (χ1) is 13.2. The molecule has 0 aliphatic rings. The first-order valence-corrected chi connectivity index (χ1v) is 10.6. The molecule has 8 heteroatoms. The van der Waals surface area contributed by atoms with Crippen molar-refractivity contribution in [1.29, 1.82) is 0 Å². The van der Waals surface area contributed by atoms with Crippen LogP contribution in [0.2, 0.25) is 0 Å². The first-order valence-electron chi connectivity index (χ1n) is 8.72. The van der Waals surface area contributed by atoms with E-state index < -0.39 is 0 Å². The molecule has 4 rings (SSSR count). The van der Waals surface area contributed by atoms with Crippen LogP contribution in [0, 0.1) is 0 Å². The molecule has 27 heavy (non-hydrogen) atoms. The largest absolute Gasteiger partial charge is 0.338 e. The molecule has 3 heterocycles. The molecule has 4 aromatic rings. The number of hydrogen-bond acceptors (Lipinski definition) is 7. The van der Waals surface area contributed by atoms with Crippen LogP contribution in [0.4, 0.5) is 0 Å². The Kier molecular flexibility index (Phi) is 5.09. The maximum atomic E-state index is 12.6. The average Bonchev–Trinajstić information content (AvgIpc) is 3.36. The Morgan fingerprint density at radius 3 is 2.70 bits per heavy atom. The summed E-state index contributed by atoms with van der Waals surface area (Å²) >= 11 is 2.86. The fourth-order valence-electron chi connectivity index (χ4n) is 2.76. The minimum atomic E-state index is 0.00207. The van der Waals surface area contributed by atoms with Crippen molar-refractivity contribution in [2.45, 2.75) is 37.7 Å². The zero-order chi connectivity index (χ0) is 18.8. The van der Waals surface area contributed by atoms with Gasteiger partial charge in [0.2, 0.25) is 11.7 Å². The maximum absolute atomic E-state index is 12.6. The van der Waals surface area contributed by atoms with Crippen LogP contribution in [-0.4, -0.2) is 19.7 Å². The highest BCUT2D eigenvalue weighted by Gasteiger charge is 2.14. The number of fused-ring (bicyclic) bond motifs is 1. The van der Waals surface area contributed by atoms with Crippen LogP contribution in [0.3, 0.4) is 0 Å². The van der Waals surface area contributed by atoms with E-state index in [1.165, 1.54) is 28.7 Å². The van der Waals surface area contributed by atoms with Gasteiger partial charge in [-0.1, -0.05) is 48.1 Å². The number of nitrogens with zero attached hydrogens (tertiary/aromatic N) is 4. The number of aryl methyl sites for hydroxylation is 1. The van der Waals surface area contributed by atoms with E-state index in [1.54, 1.807) is 4.57 Å². The highest BCUT2D eigenvalue weighted by atomic mass is 32.2. The van der Waals surface area contributed by atoms with E-state index >= 15 is 0 Å². The van der Waals surface area contributed by atoms with Crippen molar-refractivity contribution in [2.75, 3.05) is 0 Å². The first kappa shape index (κ1) is 17.9. The molecule has 0 saturated carbocycles. The molecule has 0 saturated heterocycles. The van der Waals surface area contributed by atoms with Crippen molar-refractivity contribution >= 4 is 33.3 Å². The molecule has 0 aliphatic heterocycles. The Hall–Kier alpha value is -2.45. The van der Waals surface area contributed by atoms with Crippen molar-refractivity contribution in [3.8, 4) is 11.4 Å². The van der Waals surface area contributed by atoms with Crippen LogP contribution >= 0.6 is 23.1 Å². The number of hydrogen-bond donors (Lipinski definition) is 0. The van der Waals surface area contributed by atoms with Gasteiger partial charge in [0, 0.05) is 12.1 Å². The standard InChI is InChI=1S/C19H18N4O2S2/c1-3-12-5-7-13(8-6-12)17-21-15(25-22-17)11-27-19-20-14-9-10-26-16(14)18(24)23(19)4-2/h5-10H,3-4,11H2,1-2H3. The van der Waals surface area contributed by atoms with Gasteiger partial charge in [0.15, 0.2) is 5.16 Å². The lowest BCUT2D eigenvalue weighted by Gasteiger charge is -2.08. The van der Waals surface area contributed by atoms with Gasteiger partial charge in [0.1, 0.15) is 4.70 Å². The third-order valence-corrected chi connectivity index (χ3v) is 6.11. The second-order valence-corrected chi connectivity index (χ2v) is 7.79. The second kappa shape index (κ2) is 7.66. The van der Waals surface area contributed by atoms with E-state index in [9.17, 15) is 4.79 Å². The quantitative estimate of drug-likeness (QED) is 0.354. The Morgan fingerprint density at radius 1 is 1.15 bits per heavy atom. The number of thioether (sulfide) groups is 1. The molecule has 0 atom stereocenters. The van der Waals surface area contributed by atoms with Crippen LogP contribution in [0.5, 0.6) is 0 Å². The molecule has 3 aromatic heterocycles. The summed E-state index contributed by atoms with van der Waals surface area (Å²) in [5, 5.41) is 6.63. The highest BCUT2D eigenvalue weighted by molar-refractivity contribution is 7.98. The molecular formula is C19H18N4O2S2. The molecule has 0 unspecified atom stereocenters. The van der Waals surface area contributed by atoms with Crippen LogP contribution in [0.25, 0.3) is 21.6 Å². The van der Waals surface area contributed by atoms with Gasteiger partial charge in [-0.3, -0.25) is 9.36 Å². The second-order valence-electron chi connectivity index (χ2n) is 5.93. The predicted octanol–water partition coefficient (Wildman–Crippen LogP) is 4.38. The smallest absolute Gasteiger partial charge is 0.272 e. The zero-order valence-electron chi connectivity index (χ0n) is 15.0. The van der Waals surface area contributed by atoms with Crippen molar-refractivity contribution in [3.63, 3.8) is 0 Å². The molecular weight excluding hydrogens is 380 g/mol. The number of rotatable bonds is 6. The molecule has 1 aromatic carbocycles. The summed E-state index contributed by atoms with van der Waals surface area (Å²) in [5.74, 6) is 1.54. The summed E-state index contributed by atoms with van der Waals surface area (Å²) in [6, 6.07) is 10.0. The summed E-state index contributed by atoms with van der Waals surface area (Å²) < 4.78 is 7.75. The van der Waals surface area contributed by atoms with E-state index in [4.69, 9.17) is 4.52 Å². The Labute approximate surface area is 164 Å². The predicted molar refractivity (Wildman–Crippen MR) is 108 cm³/mol.